The molecule has 1 aliphatic rings. The van der Waals surface area contributed by atoms with Crippen LogP contribution in [0.25, 0.3) is 0 Å². The first-order valence-electron chi connectivity index (χ1n) is 9.69. The van der Waals surface area contributed by atoms with Crippen molar-refractivity contribution in [1.29, 1.82) is 0 Å². The third kappa shape index (κ3) is 4.63. The molecule has 30 heavy (non-hydrogen) atoms. The van der Waals surface area contributed by atoms with E-state index in [1.165, 1.54) is 0 Å². The van der Waals surface area contributed by atoms with Gasteiger partial charge in [-0.05, 0) is 73.2 Å². The highest BCUT2D eigenvalue weighted by atomic mass is 35.5. The Morgan fingerprint density at radius 2 is 1.70 bits per heavy atom. The number of ether oxygens (including phenoxy) is 1. The molecule has 2 amide bonds. The van der Waals surface area contributed by atoms with Gasteiger partial charge in [0.1, 0.15) is 11.5 Å². The smallest absolute Gasteiger partial charge is 0.229 e. The van der Waals surface area contributed by atoms with Gasteiger partial charge in [0.2, 0.25) is 11.8 Å². The number of rotatable bonds is 5. The van der Waals surface area contributed by atoms with E-state index in [4.69, 9.17) is 16.3 Å². The van der Waals surface area contributed by atoms with E-state index in [1.807, 2.05) is 31.2 Å². The standard InChI is InChI=1S/C24H21ClN2O3/c1-16-3-2-4-20(13-16)27-15-17(14-23(27)28)24(29)26-19-7-11-22(12-8-19)30-21-9-5-18(25)6-10-21/h2-13,17H,14-15H2,1H3,(H,26,29)/t17-/m0/s1. The summed E-state index contributed by atoms with van der Waals surface area (Å²) in [5, 5.41) is 3.54. The molecule has 0 radical (unpaired) electrons. The van der Waals surface area contributed by atoms with Crippen molar-refractivity contribution in [2.75, 3.05) is 16.8 Å². The highest BCUT2D eigenvalue weighted by Crippen LogP contribution is 2.28. The van der Waals surface area contributed by atoms with Gasteiger partial charge in [0.25, 0.3) is 0 Å². The lowest BCUT2D eigenvalue weighted by Crippen LogP contribution is -2.28. The van der Waals surface area contributed by atoms with Crippen LogP contribution in [0.15, 0.2) is 72.8 Å². The van der Waals surface area contributed by atoms with Crippen molar-refractivity contribution in [3.8, 4) is 11.5 Å². The SMILES string of the molecule is Cc1cccc(N2C[C@@H](C(=O)Nc3ccc(Oc4ccc(Cl)cc4)cc3)CC2=O)c1. The summed E-state index contributed by atoms with van der Waals surface area (Å²) in [4.78, 5) is 26.8. The second-order valence-electron chi connectivity index (χ2n) is 7.31. The van der Waals surface area contributed by atoms with E-state index in [2.05, 4.69) is 5.32 Å². The minimum Gasteiger partial charge on any atom is -0.457 e. The molecule has 1 N–H and O–H groups in total. The van der Waals surface area contributed by atoms with Crippen LogP contribution in [-0.2, 0) is 9.59 Å². The molecule has 0 saturated carbocycles. The number of aryl methyl sites for hydroxylation is 1. The van der Waals surface area contributed by atoms with E-state index in [0.29, 0.717) is 28.8 Å². The first-order chi connectivity index (χ1) is 14.5. The molecule has 152 valence electrons. The fraction of sp³-hybridized carbons (Fsp3) is 0.167. The molecule has 3 aromatic carbocycles. The number of nitrogens with one attached hydrogen (secondary N) is 1. The third-order valence-electron chi connectivity index (χ3n) is 4.98. The monoisotopic (exact) mass is 420 g/mol. The molecule has 0 spiro atoms. The Morgan fingerprint density at radius 1 is 1.03 bits per heavy atom. The molecule has 6 heteroatoms. The molecule has 5 nitrogen and oxygen atoms in total. The van der Waals surface area contributed by atoms with Crippen molar-refractivity contribution in [3.63, 3.8) is 0 Å². The van der Waals surface area contributed by atoms with Gasteiger partial charge in [0, 0.05) is 29.4 Å². The normalized spacial score (nSPS) is 15.9. The Bertz CT molecular complexity index is 1060. The number of hydrogen-bond donors (Lipinski definition) is 1. The van der Waals surface area contributed by atoms with E-state index in [0.717, 1.165) is 11.3 Å². The third-order valence-corrected chi connectivity index (χ3v) is 5.23. The fourth-order valence-electron chi connectivity index (χ4n) is 3.42. The van der Waals surface area contributed by atoms with Crippen LogP contribution in [0.3, 0.4) is 0 Å². The Kier molecular flexibility index (Phi) is 5.72. The van der Waals surface area contributed by atoms with Gasteiger partial charge in [-0.3, -0.25) is 9.59 Å². The lowest BCUT2D eigenvalue weighted by molar-refractivity contribution is -0.122. The maximum Gasteiger partial charge on any atom is 0.229 e. The number of amides is 2. The molecule has 0 unspecified atom stereocenters. The molecule has 0 bridgehead atoms. The summed E-state index contributed by atoms with van der Waals surface area (Å²) in [6.45, 7) is 2.36. The first-order valence-corrected chi connectivity index (χ1v) is 10.1. The van der Waals surface area contributed by atoms with E-state index in [9.17, 15) is 9.59 Å². The Hall–Kier alpha value is -3.31. The van der Waals surface area contributed by atoms with Crippen molar-refractivity contribution in [1.82, 2.24) is 0 Å². The molecular weight excluding hydrogens is 400 g/mol. The largest absolute Gasteiger partial charge is 0.457 e. The second kappa shape index (κ2) is 8.59. The van der Waals surface area contributed by atoms with Gasteiger partial charge >= 0.3 is 0 Å². The van der Waals surface area contributed by atoms with Crippen molar-refractivity contribution in [3.05, 3.63) is 83.4 Å². The lowest BCUT2D eigenvalue weighted by Gasteiger charge is -2.17. The molecule has 4 rings (SSSR count). The number of benzene rings is 3. The zero-order chi connectivity index (χ0) is 21.1. The predicted molar refractivity (Wildman–Crippen MR) is 118 cm³/mol. The molecule has 1 saturated heterocycles. The van der Waals surface area contributed by atoms with Gasteiger partial charge in [0.05, 0.1) is 5.92 Å². The number of carbonyl (C=O) groups excluding carboxylic acids is 2. The van der Waals surface area contributed by atoms with Crippen LogP contribution in [-0.4, -0.2) is 18.4 Å². The Morgan fingerprint density at radius 3 is 2.37 bits per heavy atom. The summed E-state index contributed by atoms with van der Waals surface area (Å²) in [6, 6.07) is 21.9. The van der Waals surface area contributed by atoms with Crippen LogP contribution in [0.4, 0.5) is 11.4 Å². The molecule has 3 aromatic rings. The van der Waals surface area contributed by atoms with Crippen LogP contribution >= 0.6 is 11.6 Å². The average molecular weight is 421 g/mol. The summed E-state index contributed by atoms with van der Waals surface area (Å²) in [5.41, 5.74) is 2.57. The minimum absolute atomic E-state index is 0.0348. The number of carbonyl (C=O) groups is 2. The van der Waals surface area contributed by atoms with E-state index in [-0.39, 0.29) is 24.2 Å². The second-order valence-corrected chi connectivity index (χ2v) is 7.75. The Labute approximate surface area is 180 Å². The van der Waals surface area contributed by atoms with Crippen LogP contribution in [0, 0.1) is 12.8 Å². The van der Waals surface area contributed by atoms with Crippen LogP contribution in [0.1, 0.15) is 12.0 Å². The summed E-state index contributed by atoms with van der Waals surface area (Å²) < 4.78 is 5.76. The predicted octanol–water partition coefficient (Wildman–Crippen LogP) is 5.43. The van der Waals surface area contributed by atoms with Crippen molar-refractivity contribution in [2.45, 2.75) is 13.3 Å². The van der Waals surface area contributed by atoms with Gasteiger partial charge in [-0.2, -0.15) is 0 Å². The van der Waals surface area contributed by atoms with Gasteiger partial charge in [0.15, 0.2) is 0 Å². The molecule has 1 aliphatic heterocycles. The number of nitrogens with zero attached hydrogens (tertiary/aromatic N) is 1. The van der Waals surface area contributed by atoms with E-state index in [1.54, 1.807) is 53.4 Å². The summed E-state index contributed by atoms with van der Waals surface area (Å²) in [7, 11) is 0. The Balaban J connectivity index is 1.37. The maximum absolute atomic E-state index is 12.7. The fourth-order valence-corrected chi connectivity index (χ4v) is 3.54. The van der Waals surface area contributed by atoms with E-state index < -0.39 is 0 Å². The highest BCUT2D eigenvalue weighted by molar-refractivity contribution is 6.30. The van der Waals surface area contributed by atoms with Crippen molar-refractivity contribution in [2.24, 2.45) is 5.92 Å². The first kappa shape index (κ1) is 20.0. The quantitative estimate of drug-likeness (QED) is 0.598. The molecule has 0 aliphatic carbocycles. The zero-order valence-electron chi connectivity index (χ0n) is 16.5. The zero-order valence-corrected chi connectivity index (χ0v) is 17.2. The average Bonchev–Trinajstić information content (AvgIpc) is 3.13. The van der Waals surface area contributed by atoms with Gasteiger partial charge in [-0.25, -0.2) is 0 Å². The van der Waals surface area contributed by atoms with Crippen LogP contribution in [0.2, 0.25) is 5.02 Å². The van der Waals surface area contributed by atoms with Crippen LogP contribution in [0.5, 0.6) is 11.5 Å². The lowest BCUT2D eigenvalue weighted by atomic mass is 10.1. The van der Waals surface area contributed by atoms with E-state index >= 15 is 0 Å². The molecule has 0 aromatic heterocycles. The summed E-state index contributed by atoms with van der Waals surface area (Å²) in [6.07, 6.45) is 0.206. The molecule has 1 atom stereocenters. The number of anilines is 2. The van der Waals surface area contributed by atoms with Gasteiger partial charge in [-0.1, -0.05) is 23.7 Å². The van der Waals surface area contributed by atoms with Gasteiger partial charge in [-0.15, -0.1) is 0 Å². The summed E-state index contributed by atoms with van der Waals surface area (Å²) >= 11 is 5.88. The van der Waals surface area contributed by atoms with Crippen molar-refractivity contribution < 1.29 is 14.3 Å². The molecule has 1 heterocycles. The maximum atomic E-state index is 12.7. The topological polar surface area (TPSA) is 58.6 Å². The minimum atomic E-state index is -0.386. The van der Waals surface area contributed by atoms with Crippen LogP contribution < -0.4 is 15.0 Å². The van der Waals surface area contributed by atoms with Gasteiger partial charge < -0.3 is 15.0 Å². The highest BCUT2D eigenvalue weighted by Gasteiger charge is 2.35. The number of halogens is 1. The molecular formula is C24H21ClN2O3. The molecule has 1 fully saturated rings. The number of hydrogen-bond acceptors (Lipinski definition) is 3. The summed E-state index contributed by atoms with van der Waals surface area (Å²) in [5.74, 6) is 0.745. The van der Waals surface area contributed by atoms with Crippen molar-refractivity contribution >= 4 is 34.8 Å².